The molecule has 1 N–H and O–H groups in total. The van der Waals surface area contributed by atoms with E-state index in [4.69, 9.17) is 0 Å². The van der Waals surface area contributed by atoms with Gasteiger partial charge in [0.2, 0.25) is 0 Å². The Morgan fingerprint density at radius 1 is 1.30 bits per heavy atom. The normalized spacial score (nSPS) is 30.1. The van der Waals surface area contributed by atoms with Crippen LogP contribution in [0, 0.1) is 0 Å². The first kappa shape index (κ1) is 12.7. The second-order valence-electron chi connectivity index (χ2n) is 6.74. The number of anilines is 1. The molecule has 3 nitrogen and oxygen atoms in total. The van der Waals surface area contributed by atoms with E-state index in [2.05, 4.69) is 40.2 Å². The molecule has 0 spiro atoms. The summed E-state index contributed by atoms with van der Waals surface area (Å²) in [6.45, 7) is 8.47. The van der Waals surface area contributed by atoms with Crippen molar-refractivity contribution >= 4 is 5.69 Å². The van der Waals surface area contributed by atoms with Crippen molar-refractivity contribution in [1.82, 2.24) is 9.80 Å². The SMILES string of the molecule is CC1CN2CCCC2CN1Cc1ccc2c(c1)CCN2. The molecule has 2 unspecified atom stereocenters. The first-order chi connectivity index (χ1) is 9.79. The molecule has 2 fully saturated rings. The molecule has 2 saturated heterocycles. The molecule has 0 amide bonds. The van der Waals surface area contributed by atoms with E-state index in [1.165, 1.54) is 55.7 Å². The largest absolute Gasteiger partial charge is 0.384 e. The second-order valence-corrected chi connectivity index (χ2v) is 6.74. The Morgan fingerprint density at radius 2 is 2.25 bits per heavy atom. The average molecular weight is 271 g/mol. The number of hydrogen-bond acceptors (Lipinski definition) is 3. The minimum Gasteiger partial charge on any atom is -0.384 e. The van der Waals surface area contributed by atoms with Crippen LogP contribution in [0.3, 0.4) is 0 Å². The summed E-state index contributed by atoms with van der Waals surface area (Å²) in [4.78, 5) is 5.39. The van der Waals surface area contributed by atoms with Gasteiger partial charge in [0.25, 0.3) is 0 Å². The van der Waals surface area contributed by atoms with E-state index in [1.54, 1.807) is 0 Å². The molecule has 108 valence electrons. The van der Waals surface area contributed by atoms with Crippen LogP contribution in [0.5, 0.6) is 0 Å². The van der Waals surface area contributed by atoms with E-state index >= 15 is 0 Å². The van der Waals surface area contributed by atoms with Crippen LogP contribution in [0.4, 0.5) is 5.69 Å². The summed E-state index contributed by atoms with van der Waals surface area (Å²) < 4.78 is 0. The topological polar surface area (TPSA) is 18.5 Å². The first-order valence-corrected chi connectivity index (χ1v) is 8.13. The van der Waals surface area contributed by atoms with Gasteiger partial charge in [0, 0.05) is 44.0 Å². The van der Waals surface area contributed by atoms with Gasteiger partial charge in [0.1, 0.15) is 0 Å². The molecular formula is C17H25N3. The van der Waals surface area contributed by atoms with Gasteiger partial charge in [-0.1, -0.05) is 12.1 Å². The fraction of sp³-hybridized carbons (Fsp3) is 0.647. The van der Waals surface area contributed by atoms with Crippen molar-refractivity contribution in [2.24, 2.45) is 0 Å². The highest BCUT2D eigenvalue weighted by Crippen LogP contribution is 2.27. The van der Waals surface area contributed by atoms with Crippen molar-refractivity contribution < 1.29 is 0 Å². The smallest absolute Gasteiger partial charge is 0.0373 e. The zero-order valence-corrected chi connectivity index (χ0v) is 12.4. The molecule has 0 aliphatic carbocycles. The Balaban J connectivity index is 1.48. The quantitative estimate of drug-likeness (QED) is 0.890. The monoisotopic (exact) mass is 271 g/mol. The maximum atomic E-state index is 3.45. The molecule has 1 aromatic carbocycles. The summed E-state index contributed by atoms with van der Waals surface area (Å²) in [6.07, 6.45) is 3.99. The predicted octanol–water partition coefficient (Wildman–Crippen LogP) is 2.32. The molecule has 0 aromatic heterocycles. The highest BCUT2D eigenvalue weighted by Gasteiger charge is 2.34. The summed E-state index contributed by atoms with van der Waals surface area (Å²) in [7, 11) is 0. The second kappa shape index (κ2) is 5.05. The average Bonchev–Trinajstić information content (AvgIpc) is 3.06. The van der Waals surface area contributed by atoms with Crippen LogP contribution in [-0.4, -0.2) is 48.1 Å². The van der Waals surface area contributed by atoms with Gasteiger partial charge in [0.15, 0.2) is 0 Å². The van der Waals surface area contributed by atoms with Crippen LogP contribution in [0.1, 0.15) is 30.9 Å². The van der Waals surface area contributed by atoms with Crippen LogP contribution in [0.2, 0.25) is 0 Å². The lowest BCUT2D eigenvalue weighted by Gasteiger charge is -2.42. The van der Waals surface area contributed by atoms with Crippen molar-refractivity contribution in [2.75, 3.05) is 31.5 Å². The molecule has 3 heterocycles. The fourth-order valence-electron chi connectivity index (χ4n) is 4.16. The lowest BCUT2D eigenvalue weighted by atomic mass is 10.0. The van der Waals surface area contributed by atoms with E-state index in [1.807, 2.05) is 0 Å². The number of piperazine rings is 1. The third-order valence-electron chi connectivity index (χ3n) is 5.33. The highest BCUT2D eigenvalue weighted by atomic mass is 15.3. The number of fused-ring (bicyclic) bond motifs is 2. The van der Waals surface area contributed by atoms with E-state index in [0.29, 0.717) is 6.04 Å². The molecule has 4 rings (SSSR count). The van der Waals surface area contributed by atoms with Crippen molar-refractivity contribution in [3.05, 3.63) is 29.3 Å². The first-order valence-electron chi connectivity index (χ1n) is 8.13. The summed E-state index contributed by atoms with van der Waals surface area (Å²) >= 11 is 0. The van der Waals surface area contributed by atoms with Gasteiger partial charge < -0.3 is 5.32 Å². The lowest BCUT2D eigenvalue weighted by Crippen LogP contribution is -2.54. The van der Waals surface area contributed by atoms with Crippen molar-refractivity contribution in [1.29, 1.82) is 0 Å². The van der Waals surface area contributed by atoms with E-state index in [0.717, 1.165) is 19.1 Å². The number of benzene rings is 1. The molecular weight excluding hydrogens is 246 g/mol. The number of rotatable bonds is 2. The van der Waals surface area contributed by atoms with Gasteiger partial charge >= 0.3 is 0 Å². The lowest BCUT2D eigenvalue weighted by molar-refractivity contribution is 0.0540. The van der Waals surface area contributed by atoms with Crippen molar-refractivity contribution in [3.8, 4) is 0 Å². The molecule has 0 saturated carbocycles. The summed E-state index contributed by atoms with van der Waals surface area (Å²) in [6, 6.07) is 8.51. The molecule has 2 atom stereocenters. The Kier molecular flexibility index (Phi) is 3.20. The van der Waals surface area contributed by atoms with Gasteiger partial charge in [-0.15, -0.1) is 0 Å². The maximum Gasteiger partial charge on any atom is 0.0373 e. The van der Waals surface area contributed by atoms with Crippen molar-refractivity contribution in [2.45, 2.75) is 44.8 Å². The van der Waals surface area contributed by atoms with E-state index < -0.39 is 0 Å². The Bertz CT molecular complexity index is 499. The third-order valence-corrected chi connectivity index (χ3v) is 5.33. The number of nitrogens with one attached hydrogen (secondary N) is 1. The fourth-order valence-corrected chi connectivity index (χ4v) is 4.16. The van der Waals surface area contributed by atoms with Gasteiger partial charge in [0.05, 0.1) is 0 Å². The van der Waals surface area contributed by atoms with Crippen LogP contribution >= 0.6 is 0 Å². The molecule has 1 aromatic rings. The molecule has 0 radical (unpaired) electrons. The number of nitrogens with zero attached hydrogens (tertiary/aromatic N) is 2. The Hall–Kier alpha value is -1.06. The minimum atomic E-state index is 0.690. The Labute approximate surface area is 121 Å². The summed E-state index contributed by atoms with van der Waals surface area (Å²) in [5.74, 6) is 0. The van der Waals surface area contributed by atoms with Gasteiger partial charge in [-0.25, -0.2) is 0 Å². The van der Waals surface area contributed by atoms with Gasteiger partial charge in [-0.2, -0.15) is 0 Å². The molecule has 0 bridgehead atoms. The van der Waals surface area contributed by atoms with Crippen LogP contribution in [0.15, 0.2) is 18.2 Å². The molecule has 3 aliphatic rings. The zero-order valence-electron chi connectivity index (χ0n) is 12.4. The molecule has 20 heavy (non-hydrogen) atoms. The highest BCUT2D eigenvalue weighted by molar-refractivity contribution is 5.56. The standard InChI is InChI=1S/C17H25N3/c1-13-10-19-8-2-3-16(19)12-20(13)11-14-4-5-17-15(9-14)6-7-18-17/h4-5,9,13,16,18H,2-3,6-8,10-12H2,1H3. The van der Waals surface area contributed by atoms with Crippen LogP contribution in [0.25, 0.3) is 0 Å². The summed E-state index contributed by atoms with van der Waals surface area (Å²) in [5, 5.41) is 3.45. The van der Waals surface area contributed by atoms with E-state index in [-0.39, 0.29) is 0 Å². The number of hydrogen-bond donors (Lipinski definition) is 1. The molecule has 3 heteroatoms. The Morgan fingerprint density at radius 3 is 3.20 bits per heavy atom. The summed E-state index contributed by atoms with van der Waals surface area (Å²) in [5.41, 5.74) is 4.35. The van der Waals surface area contributed by atoms with Gasteiger partial charge in [-0.3, -0.25) is 9.80 Å². The van der Waals surface area contributed by atoms with Gasteiger partial charge in [-0.05, 0) is 49.9 Å². The van der Waals surface area contributed by atoms with Crippen LogP contribution < -0.4 is 5.32 Å². The van der Waals surface area contributed by atoms with Crippen LogP contribution in [-0.2, 0) is 13.0 Å². The molecule has 3 aliphatic heterocycles. The maximum absolute atomic E-state index is 3.45. The third kappa shape index (κ3) is 2.23. The zero-order chi connectivity index (χ0) is 13.5. The minimum absolute atomic E-state index is 0.690. The van der Waals surface area contributed by atoms with E-state index in [9.17, 15) is 0 Å². The van der Waals surface area contributed by atoms with Crippen molar-refractivity contribution in [3.63, 3.8) is 0 Å². The predicted molar refractivity (Wildman–Crippen MR) is 83.1 cm³/mol.